The Morgan fingerprint density at radius 3 is 2.71 bits per heavy atom. The van der Waals surface area contributed by atoms with Gasteiger partial charge in [0.1, 0.15) is 5.75 Å². The van der Waals surface area contributed by atoms with Crippen LogP contribution in [0.3, 0.4) is 0 Å². The largest absolute Gasteiger partial charge is 0.466 e. The maximum atomic E-state index is 12.7. The minimum Gasteiger partial charge on any atom is -0.466 e. The number of aryl methyl sites for hydroxylation is 1. The zero-order chi connectivity index (χ0) is 15.0. The van der Waals surface area contributed by atoms with Gasteiger partial charge in [-0.15, -0.1) is 0 Å². The molecule has 1 unspecified atom stereocenters. The second kappa shape index (κ2) is 5.06. The Bertz CT molecular complexity index is 593. The van der Waals surface area contributed by atoms with Crippen LogP contribution in [0.15, 0.2) is 18.2 Å². The fourth-order valence-electron chi connectivity index (χ4n) is 2.88. The SMILES string of the molecule is Cc1ccc2c(c1)NC(=O)C(C)(C(=O)N1CCCCC1)O2. The Balaban J connectivity index is 1.88. The molecule has 3 rings (SSSR count). The molecular formula is C16H20N2O3. The van der Waals surface area contributed by atoms with Gasteiger partial charge in [0.25, 0.3) is 17.4 Å². The van der Waals surface area contributed by atoms with E-state index in [0.717, 1.165) is 24.8 Å². The topological polar surface area (TPSA) is 58.6 Å². The van der Waals surface area contributed by atoms with Gasteiger partial charge in [-0.05, 0) is 50.8 Å². The van der Waals surface area contributed by atoms with E-state index < -0.39 is 11.5 Å². The quantitative estimate of drug-likeness (QED) is 0.805. The van der Waals surface area contributed by atoms with E-state index in [1.807, 2.05) is 19.1 Å². The Kier molecular flexibility index (Phi) is 3.35. The maximum Gasteiger partial charge on any atom is 0.278 e. The van der Waals surface area contributed by atoms with E-state index in [2.05, 4.69) is 5.32 Å². The lowest BCUT2D eigenvalue weighted by Crippen LogP contribution is -2.60. The van der Waals surface area contributed by atoms with Crippen LogP contribution in [0, 0.1) is 6.92 Å². The van der Waals surface area contributed by atoms with Crippen molar-refractivity contribution in [1.29, 1.82) is 0 Å². The summed E-state index contributed by atoms with van der Waals surface area (Å²) < 4.78 is 5.80. The van der Waals surface area contributed by atoms with Gasteiger partial charge in [0, 0.05) is 13.1 Å². The number of carbonyl (C=O) groups is 2. The zero-order valence-electron chi connectivity index (χ0n) is 12.4. The van der Waals surface area contributed by atoms with E-state index in [0.29, 0.717) is 24.5 Å². The van der Waals surface area contributed by atoms with Crippen LogP contribution in [0.5, 0.6) is 5.75 Å². The molecule has 2 aliphatic rings. The minimum atomic E-state index is -1.47. The molecule has 1 aromatic rings. The van der Waals surface area contributed by atoms with Crippen molar-refractivity contribution in [3.63, 3.8) is 0 Å². The molecule has 1 saturated heterocycles. The average molecular weight is 288 g/mol. The number of benzene rings is 1. The Labute approximate surface area is 124 Å². The van der Waals surface area contributed by atoms with Gasteiger partial charge < -0.3 is 15.0 Å². The van der Waals surface area contributed by atoms with E-state index in [9.17, 15) is 9.59 Å². The van der Waals surface area contributed by atoms with Gasteiger partial charge in [-0.25, -0.2) is 0 Å². The predicted molar refractivity (Wildman–Crippen MR) is 79.3 cm³/mol. The fourth-order valence-corrected chi connectivity index (χ4v) is 2.88. The van der Waals surface area contributed by atoms with Crippen molar-refractivity contribution in [2.24, 2.45) is 0 Å². The summed E-state index contributed by atoms with van der Waals surface area (Å²) >= 11 is 0. The van der Waals surface area contributed by atoms with E-state index in [4.69, 9.17) is 4.74 Å². The number of hydrogen-bond acceptors (Lipinski definition) is 3. The van der Waals surface area contributed by atoms with Crippen LogP contribution >= 0.6 is 0 Å². The highest BCUT2D eigenvalue weighted by Crippen LogP contribution is 2.35. The number of anilines is 1. The molecule has 5 nitrogen and oxygen atoms in total. The maximum absolute atomic E-state index is 12.7. The van der Waals surface area contributed by atoms with Crippen molar-refractivity contribution < 1.29 is 14.3 Å². The number of likely N-dealkylation sites (tertiary alicyclic amines) is 1. The predicted octanol–water partition coefficient (Wildman–Crippen LogP) is 2.10. The summed E-state index contributed by atoms with van der Waals surface area (Å²) in [7, 11) is 0. The first kappa shape index (κ1) is 13.9. The molecule has 0 aromatic heterocycles. The lowest BCUT2D eigenvalue weighted by Gasteiger charge is -2.38. The minimum absolute atomic E-state index is 0.245. The van der Waals surface area contributed by atoms with Crippen LogP contribution in [0.4, 0.5) is 5.69 Å². The van der Waals surface area contributed by atoms with Gasteiger partial charge in [0.05, 0.1) is 5.69 Å². The monoisotopic (exact) mass is 288 g/mol. The van der Waals surface area contributed by atoms with Gasteiger partial charge in [0.15, 0.2) is 0 Å². The number of piperidine rings is 1. The zero-order valence-corrected chi connectivity index (χ0v) is 12.4. The van der Waals surface area contributed by atoms with E-state index >= 15 is 0 Å². The van der Waals surface area contributed by atoms with Crippen molar-refractivity contribution in [3.05, 3.63) is 23.8 Å². The van der Waals surface area contributed by atoms with Gasteiger partial charge in [-0.1, -0.05) is 6.07 Å². The number of fused-ring (bicyclic) bond motifs is 1. The Morgan fingerprint density at radius 1 is 1.29 bits per heavy atom. The number of rotatable bonds is 1. The molecule has 1 N–H and O–H groups in total. The molecule has 0 radical (unpaired) electrons. The molecule has 112 valence electrons. The Hall–Kier alpha value is -2.04. The number of carbonyl (C=O) groups excluding carboxylic acids is 2. The number of nitrogens with zero attached hydrogens (tertiary/aromatic N) is 1. The first-order chi connectivity index (χ1) is 10.0. The molecule has 1 aromatic carbocycles. The van der Waals surface area contributed by atoms with E-state index in [-0.39, 0.29) is 5.91 Å². The lowest BCUT2D eigenvalue weighted by molar-refractivity contribution is -0.155. The van der Waals surface area contributed by atoms with Gasteiger partial charge >= 0.3 is 0 Å². The van der Waals surface area contributed by atoms with Crippen LogP contribution in [0.25, 0.3) is 0 Å². The molecule has 0 saturated carbocycles. The van der Waals surface area contributed by atoms with Crippen LogP contribution in [-0.2, 0) is 9.59 Å². The number of hydrogen-bond donors (Lipinski definition) is 1. The van der Waals surface area contributed by atoms with Crippen LogP contribution in [0.1, 0.15) is 31.7 Å². The molecule has 0 spiro atoms. The molecule has 5 heteroatoms. The third-order valence-electron chi connectivity index (χ3n) is 4.18. The smallest absolute Gasteiger partial charge is 0.278 e. The van der Waals surface area contributed by atoms with Crippen molar-refractivity contribution in [1.82, 2.24) is 4.90 Å². The Morgan fingerprint density at radius 2 is 2.00 bits per heavy atom. The van der Waals surface area contributed by atoms with Crippen molar-refractivity contribution in [2.75, 3.05) is 18.4 Å². The van der Waals surface area contributed by atoms with Crippen molar-refractivity contribution >= 4 is 17.5 Å². The summed E-state index contributed by atoms with van der Waals surface area (Å²) in [6, 6.07) is 5.55. The normalized spacial score (nSPS) is 24.9. The molecule has 21 heavy (non-hydrogen) atoms. The lowest BCUT2D eigenvalue weighted by atomic mass is 9.98. The summed E-state index contributed by atoms with van der Waals surface area (Å²) in [5.74, 6) is -0.0878. The highest BCUT2D eigenvalue weighted by atomic mass is 16.5. The molecule has 2 amide bonds. The third kappa shape index (κ3) is 2.37. The van der Waals surface area contributed by atoms with Crippen molar-refractivity contribution in [2.45, 2.75) is 38.7 Å². The first-order valence-electron chi connectivity index (χ1n) is 7.41. The van der Waals surface area contributed by atoms with Crippen LogP contribution < -0.4 is 10.1 Å². The number of nitrogens with one attached hydrogen (secondary N) is 1. The summed E-state index contributed by atoms with van der Waals surface area (Å²) in [6.45, 7) is 4.90. The molecule has 0 aliphatic carbocycles. The number of amides is 2. The highest BCUT2D eigenvalue weighted by molar-refractivity contribution is 6.15. The second-order valence-corrected chi connectivity index (χ2v) is 5.94. The molecule has 1 fully saturated rings. The van der Waals surface area contributed by atoms with Crippen LogP contribution in [-0.4, -0.2) is 35.4 Å². The number of ether oxygens (including phenoxy) is 1. The summed E-state index contributed by atoms with van der Waals surface area (Å²) in [5, 5.41) is 2.80. The van der Waals surface area contributed by atoms with Crippen LogP contribution in [0.2, 0.25) is 0 Å². The summed E-state index contributed by atoms with van der Waals surface area (Å²) in [5.41, 5.74) is 0.187. The van der Waals surface area contributed by atoms with Gasteiger partial charge in [0.2, 0.25) is 0 Å². The standard InChI is InChI=1S/C16H20N2O3/c1-11-6-7-13-12(10-11)17-14(19)16(2,21-13)15(20)18-8-4-3-5-9-18/h6-7,10H,3-5,8-9H2,1-2H3,(H,17,19). The average Bonchev–Trinajstić information content (AvgIpc) is 2.49. The van der Waals surface area contributed by atoms with E-state index in [1.165, 1.54) is 0 Å². The molecular weight excluding hydrogens is 268 g/mol. The summed E-state index contributed by atoms with van der Waals surface area (Å²) in [6.07, 6.45) is 3.11. The van der Waals surface area contributed by atoms with Crippen molar-refractivity contribution in [3.8, 4) is 5.75 Å². The van der Waals surface area contributed by atoms with Gasteiger partial charge in [-0.3, -0.25) is 9.59 Å². The van der Waals surface area contributed by atoms with Gasteiger partial charge in [-0.2, -0.15) is 0 Å². The fraction of sp³-hybridized carbons (Fsp3) is 0.500. The summed E-state index contributed by atoms with van der Waals surface area (Å²) in [4.78, 5) is 26.8. The van der Waals surface area contributed by atoms with E-state index in [1.54, 1.807) is 17.9 Å². The highest BCUT2D eigenvalue weighted by Gasteiger charge is 2.49. The first-order valence-corrected chi connectivity index (χ1v) is 7.41. The molecule has 1 atom stereocenters. The molecule has 2 heterocycles. The molecule has 2 aliphatic heterocycles. The second-order valence-electron chi connectivity index (χ2n) is 5.94. The third-order valence-corrected chi connectivity index (χ3v) is 4.18. The molecule has 0 bridgehead atoms.